The molecule has 0 bridgehead atoms. The number of carbonyl (C=O) groups excluding carboxylic acids is 1. The summed E-state index contributed by atoms with van der Waals surface area (Å²) in [6.45, 7) is 1.88. The van der Waals surface area contributed by atoms with Crippen molar-refractivity contribution in [1.82, 2.24) is 9.78 Å². The van der Waals surface area contributed by atoms with E-state index < -0.39 is 17.8 Å². The minimum atomic E-state index is -0.929. The molecule has 102 valence electrons. The molecule has 6 heteroatoms. The lowest BCUT2D eigenvalue weighted by atomic mass is 9.82. The van der Waals surface area contributed by atoms with Crippen LogP contribution in [0.1, 0.15) is 18.5 Å². The zero-order chi connectivity index (χ0) is 14.0. The van der Waals surface area contributed by atoms with Crippen LogP contribution in [0.3, 0.4) is 0 Å². The third kappa shape index (κ3) is 2.83. The molecule has 2 atom stereocenters. The molecule has 2 rings (SSSR count). The first-order valence-corrected chi connectivity index (χ1v) is 6.18. The summed E-state index contributed by atoms with van der Waals surface area (Å²) in [5.74, 6) is -1.94. The van der Waals surface area contributed by atoms with Gasteiger partial charge in [0.2, 0.25) is 5.91 Å². The highest BCUT2D eigenvalue weighted by Crippen LogP contribution is 2.27. The van der Waals surface area contributed by atoms with Gasteiger partial charge in [-0.2, -0.15) is 5.10 Å². The van der Waals surface area contributed by atoms with E-state index in [1.165, 1.54) is 0 Å². The Hall–Kier alpha value is -2.11. The van der Waals surface area contributed by atoms with Gasteiger partial charge in [0.05, 0.1) is 11.8 Å². The van der Waals surface area contributed by atoms with Crippen LogP contribution >= 0.6 is 0 Å². The van der Waals surface area contributed by atoms with Gasteiger partial charge in [-0.3, -0.25) is 14.3 Å². The highest BCUT2D eigenvalue weighted by molar-refractivity contribution is 5.94. The number of hydrogen-bond acceptors (Lipinski definition) is 3. The van der Waals surface area contributed by atoms with Crippen molar-refractivity contribution in [3.05, 3.63) is 23.9 Å². The number of rotatable bonds is 3. The van der Waals surface area contributed by atoms with E-state index in [-0.39, 0.29) is 5.91 Å². The van der Waals surface area contributed by atoms with Crippen LogP contribution in [0.15, 0.2) is 18.2 Å². The number of carbonyl (C=O) groups is 2. The summed E-state index contributed by atoms with van der Waals surface area (Å²) in [6.07, 6.45) is 4.52. The Morgan fingerprint density at radius 2 is 2.00 bits per heavy atom. The van der Waals surface area contributed by atoms with Crippen molar-refractivity contribution in [2.24, 2.45) is 18.9 Å². The second kappa shape index (κ2) is 5.26. The van der Waals surface area contributed by atoms with E-state index in [4.69, 9.17) is 5.11 Å². The maximum atomic E-state index is 12.1. The Morgan fingerprint density at radius 3 is 2.53 bits per heavy atom. The molecule has 0 aliphatic heterocycles. The fourth-order valence-corrected chi connectivity index (χ4v) is 2.22. The highest BCUT2D eigenvalue weighted by Gasteiger charge is 2.34. The molecule has 1 amide bonds. The number of aromatic nitrogens is 2. The Kier molecular flexibility index (Phi) is 3.69. The quantitative estimate of drug-likeness (QED) is 0.806. The van der Waals surface area contributed by atoms with Crippen molar-refractivity contribution in [1.29, 1.82) is 0 Å². The topological polar surface area (TPSA) is 84.2 Å². The molecule has 0 aromatic carbocycles. The fourth-order valence-electron chi connectivity index (χ4n) is 2.22. The van der Waals surface area contributed by atoms with Crippen LogP contribution in [-0.2, 0) is 16.6 Å². The second-order valence-corrected chi connectivity index (χ2v) is 4.78. The van der Waals surface area contributed by atoms with Gasteiger partial charge in [0.15, 0.2) is 5.82 Å². The number of hydrogen-bond donors (Lipinski definition) is 2. The van der Waals surface area contributed by atoms with Crippen molar-refractivity contribution in [3.63, 3.8) is 0 Å². The lowest BCUT2D eigenvalue weighted by Gasteiger charge is -2.23. The third-order valence-corrected chi connectivity index (χ3v) is 3.45. The average molecular weight is 263 g/mol. The summed E-state index contributed by atoms with van der Waals surface area (Å²) < 4.78 is 1.66. The lowest BCUT2D eigenvalue weighted by Crippen LogP contribution is -2.34. The molecule has 0 saturated carbocycles. The second-order valence-electron chi connectivity index (χ2n) is 4.78. The van der Waals surface area contributed by atoms with Crippen LogP contribution in [-0.4, -0.2) is 26.8 Å². The summed E-state index contributed by atoms with van der Waals surface area (Å²) in [5, 5.41) is 16.0. The molecule has 1 aromatic heterocycles. The predicted octanol–water partition coefficient (Wildman–Crippen LogP) is 1.33. The first kappa shape index (κ1) is 13.3. The van der Waals surface area contributed by atoms with Crippen LogP contribution in [0, 0.1) is 18.8 Å². The Morgan fingerprint density at radius 1 is 1.37 bits per heavy atom. The first-order chi connectivity index (χ1) is 8.99. The van der Waals surface area contributed by atoms with E-state index in [1.807, 2.05) is 19.1 Å². The minimum absolute atomic E-state index is 0.283. The zero-order valence-electron chi connectivity index (χ0n) is 11.0. The molecule has 0 saturated heterocycles. The van der Waals surface area contributed by atoms with Gasteiger partial charge in [-0.25, -0.2) is 0 Å². The zero-order valence-corrected chi connectivity index (χ0v) is 11.0. The van der Waals surface area contributed by atoms with Gasteiger partial charge in [0.1, 0.15) is 0 Å². The highest BCUT2D eigenvalue weighted by atomic mass is 16.4. The summed E-state index contributed by atoms with van der Waals surface area (Å²) in [4.78, 5) is 23.3. The van der Waals surface area contributed by atoms with Crippen LogP contribution < -0.4 is 5.32 Å². The number of allylic oxidation sites excluding steroid dienone is 2. The summed E-state index contributed by atoms with van der Waals surface area (Å²) in [5.41, 5.74) is 0.925. The van der Waals surface area contributed by atoms with Gasteiger partial charge >= 0.3 is 5.97 Å². The number of nitrogens with one attached hydrogen (secondary N) is 1. The van der Waals surface area contributed by atoms with Gasteiger partial charge in [-0.05, 0) is 19.8 Å². The van der Waals surface area contributed by atoms with E-state index in [9.17, 15) is 9.59 Å². The van der Waals surface area contributed by atoms with Gasteiger partial charge in [-0.1, -0.05) is 12.2 Å². The van der Waals surface area contributed by atoms with Crippen molar-refractivity contribution in [3.8, 4) is 0 Å². The molecule has 0 radical (unpaired) electrons. The maximum Gasteiger partial charge on any atom is 0.307 e. The monoisotopic (exact) mass is 263 g/mol. The van der Waals surface area contributed by atoms with Crippen LogP contribution in [0.4, 0.5) is 5.82 Å². The standard InChI is InChI=1S/C13H17N3O3/c1-8-7-11(15-16(8)2)14-12(17)9-5-3-4-6-10(9)13(18)19/h3-4,7,9-10H,5-6H2,1-2H3,(H,18,19)(H,14,15,17)/t9-,10+/m1/s1. The number of carboxylic acid groups (broad SMARTS) is 1. The minimum Gasteiger partial charge on any atom is -0.481 e. The molecule has 6 nitrogen and oxygen atoms in total. The summed E-state index contributed by atoms with van der Waals surface area (Å²) in [6, 6.07) is 1.76. The molecule has 2 N–H and O–H groups in total. The number of aryl methyl sites for hydroxylation is 2. The number of aliphatic carboxylic acids is 1. The lowest BCUT2D eigenvalue weighted by molar-refractivity contribution is -0.146. The average Bonchev–Trinajstić information content (AvgIpc) is 2.68. The van der Waals surface area contributed by atoms with Crippen molar-refractivity contribution in [2.75, 3.05) is 5.32 Å². The van der Waals surface area contributed by atoms with Gasteiger partial charge in [0, 0.05) is 18.8 Å². The first-order valence-electron chi connectivity index (χ1n) is 6.18. The van der Waals surface area contributed by atoms with Crippen LogP contribution in [0.25, 0.3) is 0 Å². The molecule has 1 heterocycles. The molecule has 0 unspecified atom stereocenters. The van der Waals surface area contributed by atoms with Crippen LogP contribution in [0.5, 0.6) is 0 Å². The molecule has 19 heavy (non-hydrogen) atoms. The fraction of sp³-hybridized carbons (Fsp3) is 0.462. The van der Waals surface area contributed by atoms with E-state index >= 15 is 0 Å². The predicted molar refractivity (Wildman–Crippen MR) is 69.6 cm³/mol. The Labute approximate surface area is 111 Å². The number of nitrogens with zero attached hydrogens (tertiary/aromatic N) is 2. The molecule has 1 aliphatic carbocycles. The van der Waals surface area contributed by atoms with Gasteiger partial charge < -0.3 is 10.4 Å². The molecular weight excluding hydrogens is 246 g/mol. The molecule has 1 aliphatic rings. The number of amides is 1. The van der Waals surface area contributed by atoms with E-state index in [0.717, 1.165) is 5.69 Å². The number of carboxylic acids is 1. The molecule has 0 fully saturated rings. The maximum absolute atomic E-state index is 12.1. The van der Waals surface area contributed by atoms with Gasteiger partial charge in [-0.15, -0.1) is 0 Å². The molecular formula is C13H17N3O3. The normalized spacial score (nSPS) is 22.2. The Balaban J connectivity index is 2.10. The Bertz CT molecular complexity index is 514. The van der Waals surface area contributed by atoms with E-state index in [2.05, 4.69) is 10.4 Å². The summed E-state index contributed by atoms with van der Waals surface area (Å²) >= 11 is 0. The van der Waals surface area contributed by atoms with E-state index in [1.54, 1.807) is 17.8 Å². The third-order valence-electron chi connectivity index (χ3n) is 3.45. The van der Waals surface area contributed by atoms with Crippen molar-refractivity contribution >= 4 is 17.7 Å². The molecule has 0 spiro atoms. The largest absolute Gasteiger partial charge is 0.481 e. The van der Waals surface area contributed by atoms with Crippen molar-refractivity contribution in [2.45, 2.75) is 19.8 Å². The van der Waals surface area contributed by atoms with Crippen LogP contribution in [0.2, 0.25) is 0 Å². The number of anilines is 1. The van der Waals surface area contributed by atoms with Gasteiger partial charge in [0.25, 0.3) is 0 Å². The van der Waals surface area contributed by atoms with Crippen molar-refractivity contribution < 1.29 is 14.7 Å². The smallest absolute Gasteiger partial charge is 0.307 e. The van der Waals surface area contributed by atoms with E-state index in [0.29, 0.717) is 18.7 Å². The molecule has 1 aromatic rings. The summed E-state index contributed by atoms with van der Waals surface area (Å²) in [7, 11) is 1.79. The SMILES string of the molecule is Cc1cc(NC(=O)[C@@H]2CC=CC[C@@H]2C(=O)O)nn1C.